The first-order valence-electron chi connectivity index (χ1n) is 5.97. The van der Waals surface area contributed by atoms with Crippen molar-refractivity contribution >= 4 is 27.8 Å². The topological polar surface area (TPSA) is 57.6 Å². The molecule has 1 saturated heterocycles. The number of nitrogens with zero attached hydrogens (tertiary/aromatic N) is 1. The van der Waals surface area contributed by atoms with Crippen molar-refractivity contribution in [3.8, 4) is 0 Å². The summed E-state index contributed by atoms with van der Waals surface area (Å²) in [6.45, 7) is 0.688. The van der Waals surface area contributed by atoms with E-state index in [9.17, 15) is 14.0 Å². The number of piperidine rings is 1. The number of rotatable bonds is 2. The summed E-state index contributed by atoms with van der Waals surface area (Å²) in [5.41, 5.74) is 0.0104. The average Bonchev–Trinajstić information content (AvgIpc) is 2.38. The minimum Gasteiger partial charge on any atom is -0.481 e. The van der Waals surface area contributed by atoms with Crippen molar-refractivity contribution in [1.82, 2.24) is 4.90 Å². The van der Waals surface area contributed by atoms with Crippen molar-refractivity contribution in [1.29, 1.82) is 0 Å². The Morgan fingerprint density at radius 2 is 1.95 bits per heavy atom. The summed E-state index contributed by atoms with van der Waals surface area (Å²) in [7, 11) is 0. The first kappa shape index (κ1) is 14.0. The summed E-state index contributed by atoms with van der Waals surface area (Å²) in [6.07, 6.45) is 0.820. The molecule has 1 aliphatic heterocycles. The molecule has 1 aromatic rings. The van der Waals surface area contributed by atoms with E-state index < -0.39 is 23.6 Å². The minimum atomic E-state index is -0.834. The van der Waals surface area contributed by atoms with Gasteiger partial charge in [-0.15, -0.1) is 0 Å². The van der Waals surface area contributed by atoms with E-state index in [1.807, 2.05) is 0 Å². The Morgan fingerprint density at radius 1 is 1.32 bits per heavy atom. The Labute approximate surface area is 118 Å². The monoisotopic (exact) mass is 329 g/mol. The molecule has 1 fully saturated rings. The fourth-order valence-corrected chi connectivity index (χ4v) is 2.70. The molecule has 0 saturated carbocycles. The highest BCUT2D eigenvalue weighted by Gasteiger charge is 2.29. The standard InChI is InChI=1S/C13H13BrFNO3/c14-9-2-1-3-10(15)11(9)12(17)16-6-4-8(5-7-16)13(18)19/h1-3,8H,4-7H2,(H,18,19). The van der Waals surface area contributed by atoms with Crippen LogP contribution in [0.5, 0.6) is 0 Å². The van der Waals surface area contributed by atoms with Crippen molar-refractivity contribution in [3.05, 3.63) is 34.1 Å². The van der Waals surface area contributed by atoms with Crippen LogP contribution in [0.4, 0.5) is 4.39 Å². The van der Waals surface area contributed by atoms with Crippen molar-refractivity contribution in [2.24, 2.45) is 5.92 Å². The number of benzene rings is 1. The number of likely N-dealkylation sites (tertiary alicyclic amines) is 1. The number of carbonyl (C=O) groups is 2. The van der Waals surface area contributed by atoms with E-state index in [-0.39, 0.29) is 5.56 Å². The van der Waals surface area contributed by atoms with Crippen LogP contribution in [0.15, 0.2) is 22.7 Å². The molecule has 0 atom stereocenters. The molecule has 1 aromatic carbocycles. The normalized spacial score (nSPS) is 16.4. The molecule has 1 N–H and O–H groups in total. The lowest BCUT2D eigenvalue weighted by Crippen LogP contribution is -2.40. The molecule has 0 unspecified atom stereocenters. The van der Waals surface area contributed by atoms with Crippen molar-refractivity contribution in [2.75, 3.05) is 13.1 Å². The summed E-state index contributed by atoms with van der Waals surface area (Å²) in [6, 6.07) is 4.37. The van der Waals surface area contributed by atoms with Crippen LogP contribution in [0, 0.1) is 11.7 Å². The van der Waals surface area contributed by atoms with Gasteiger partial charge in [-0.2, -0.15) is 0 Å². The first-order valence-corrected chi connectivity index (χ1v) is 6.76. The molecule has 0 bridgehead atoms. The van der Waals surface area contributed by atoms with Gasteiger partial charge in [-0.1, -0.05) is 6.07 Å². The number of halogens is 2. The SMILES string of the molecule is O=C(O)C1CCN(C(=O)c2c(F)cccc2Br)CC1. The van der Waals surface area contributed by atoms with Crippen LogP contribution in [-0.4, -0.2) is 35.0 Å². The average molecular weight is 330 g/mol. The number of carbonyl (C=O) groups excluding carboxylic acids is 1. The number of aliphatic carboxylic acids is 1. The highest BCUT2D eigenvalue weighted by Crippen LogP contribution is 2.24. The number of hydrogen-bond acceptors (Lipinski definition) is 2. The maximum atomic E-state index is 13.7. The van der Waals surface area contributed by atoms with Crippen LogP contribution in [0.25, 0.3) is 0 Å². The summed E-state index contributed by atoms with van der Waals surface area (Å²) in [5.74, 6) is -2.21. The molecule has 0 radical (unpaired) electrons. The summed E-state index contributed by atoms with van der Waals surface area (Å²) in [5, 5.41) is 8.90. The Hall–Kier alpha value is -1.43. The third kappa shape index (κ3) is 2.94. The van der Waals surface area contributed by atoms with E-state index in [4.69, 9.17) is 5.11 Å². The second-order valence-corrected chi connectivity index (χ2v) is 5.36. The lowest BCUT2D eigenvalue weighted by molar-refractivity contribution is -0.143. The highest BCUT2D eigenvalue weighted by molar-refractivity contribution is 9.10. The maximum absolute atomic E-state index is 13.7. The van der Waals surface area contributed by atoms with Gasteiger partial charge in [-0.3, -0.25) is 9.59 Å². The van der Waals surface area contributed by atoms with Crippen molar-refractivity contribution < 1.29 is 19.1 Å². The molecule has 1 amide bonds. The van der Waals surface area contributed by atoms with E-state index in [0.717, 1.165) is 0 Å². The second kappa shape index (κ2) is 5.69. The predicted octanol–water partition coefficient (Wildman–Crippen LogP) is 2.53. The predicted molar refractivity (Wildman–Crippen MR) is 70.4 cm³/mol. The van der Waals surface area contributed by atoms with Crippen LogP contribution in [0.3, 0.4) is 0 Å². The van der Waals surface area contributed by atoms with Crippen LogP contribution in [0.1, 0.15) is 23.2 Å². The zero-order valence-electron chi connectivity index (χ0n) is 10.1. The summed E-state index contributed by atoms with van der Waals surface area (Å²) < 4.78 is 14.1. The fourth-order valence-electron chi connectivity index (χ4n) is 2.19. The van der Waals surface area contributed by atoms with Crippen molar-refractivity contribution in [2.45, 2.75) is 12.8 Å². The Kier molecular flexibility index (Phi) is 4.19. The lowest BCUT2D eigenvalue weighted by atomic mass is 9.96. The zero-order valence-corrected chi connectivity index (χ0v) is 11.7. The first-order chi connectivity index (χ1) is 9.00. The Morgan fingerprint density at radius 3 is 2.47 bits per heavy atom. The molecule has 0 spiro atoms. The quantitative estimate of drug-likeness (QED) is 0.907. The number of carboxylic acid groups (broad SMARTS) is 1. The van der Waals surface area contributed by atoms with Gasteiger partial charge < -0.3 is 10.0 Å². The Balaban J connectivity index is 2.12. The number of hydrogen-bond donors (Lipinski definition) is 1. The molecule has 6 heteroatoms. The van der Waals surface area contributed by atoms with Crippen LogP contribution in [0.2, 0.25) is 0 Å². The fraction of sp³-hybridized carbons (Fsp3) is 0.385. The molecule has 1 aliphatic rings. The van der Waals surface area contributed by atoms with Gasteiger partial charge in [0.25, 0.3) is 5.91 Å². The minimum absolute atomic E-state index is 0.0104. The van der Waals surface area contributed by atoms with E-state index in [1.165, 1.54) is 17.0 Å². The Bertz CT molecular complexity index is 492. The van der Waals surface area contributed by atoms with Gasteiger partial charge in [0, 0.05) is 17.6 Å². The lowest BCUT2D eigenvalue weighted by Gasteiger charge is -2.30. The third-order valence-electron chi connectivity index (χ3n) is 3.31. The van der Waals surface area contributed by atoms with Gasteiger partial charge in [-0.05, 0) is 40.9 Å². The summed E-state index contributed by atoms with van der Waals surface area (Å²) in [4.78, 5) is 24.6. The van der Waals surface area contributed by atoms with Crippen LogP contribution < -0.4 is 0 Å². The van der Waals surface area contributed by atoms with Gasteiger partial charge >= 0.3 is 5.97 Å². The van der Waals surface area contributed by atoms with Gasteiger partial charge in [0.15, 0.2) is 0 Å². The molecule has 1 heterocycles. The molecular formula is C13H13BrFNO3. The molecule has 102 valence electrons. The highest BCUT2D eigenvalue weighted by atomic mass is 79.9. The molecule has 2 rings (SSSR count). The van der Waals surface area contributed by atoms with Gasteiger partial charge in [0.1, 0.15) is 5.82 Å². The van der Waals surface area contributed by atoms with Gasteiger partial charge in [0.05, 0.1) is 11.5 Å². The molecule has 0 aromatic heterocycles. The second-order valence-electron chi connectivity index (χ2n) is 4.50. The van der Waals surface area contributed by atoms with E-state index >= 15 is 0 Å². The van der Waals surface area contributed by atoms with Crippen LogP contribution in [-0.2, 0) is 4.79 Å². The molecule has 0 aliphatic carbocycles. The van der Waals surface area contributed by atoms with Crippen LogP contribution >= 0.6 is 15.9 Å². The largest absolute Gasteiger partial charge is 0.481 e. The smallest absolute Gasteiger partial charge is 0.306 e. The summed E-state index contributed by atoms with van der Waals surface area (Å²) >= 11 is 3.17. The maximum Gasteiger partial charge on any atom is 0.306 e. The van der Waals surface area contributed by atoms with Crippen molar-refractivity contribution in [3.63, 3.8) is 0 Å². The van der Waals surface area contributed by atoms with E-state index in [2.05, 4.69) is 15.9 Å². The number of amides is 1. The molecule has 4 nitrogen and oxygen atoms in total. The van der Waals surface area contributed by atoms with Gasteiger partial charge in [-0.25, -0.2) is 4.39 Å². The van der Waals surface area contributed by atoms with E-state index in [0.29, 0.717) is 30.4 Å². The zero-order chi connectivity index (χ0) is 14.0. The van der Waals surface area contributed by atoms with E-state index in [1.54, 1.807) is 6.07 Å². The molecular weight excluding hydrogens is 317 g/mol. The molecule has 19 heavy (non-hydrogen) atoms. The van der Waals surface area contributed by atoms with Gasteiger partial charge in [0.2, 0.25) is 0 Å². The third-order valence-corrected chi connectivity index (χ3v) is 3.97. The number of carboxylic acids is 1.